The maximum atomic E-state index is 11.8. The summed E-state index contributed by atoms with van der Waals surface area (Å²) >= 11 is 5.73. The zero-order valence-electron chi connectivity index (χ0n) is 9.90. The molecule has 0 aliphatic carbocycles. The first-order valence-electron chi connectivity index (χ1n) is 5.50. The number of benzene rings is 1. The number of aromatic hydroxyl groups is 1. The van der Waals surface area contributed by atoms with E-state index < -0.39 is 6.04 Å². The average molecular weight is 257 g/mol. The van der Waals surface area contributed by atoms with Crippen molar-refractivity contribution in [2.75, 3.05) is 5.32 Å². The van der Waals surface area contributed by atoms with Gasteiger partial charge in [-0.15, -0.1) is 0 Å². The number of amides is 1. The van der Waals surface area contributed by atoms with Crippen molar-refractivity contribution in [2.24, 2.45) is 11.7 Å². The number of carbonyl (C=O) groups is 1. The minimum Gasteiger partial charge on any atom is -0.506 e. The zero-order valence-corrected chi connectivity index (χ0v) is 10.7. The van der Waals surface area contributed by atoms with Crippen molar-refractivity contribution >= 4 is 23.2 Å². The SMILES string of the molecule is CCC(C)[C@H](N)C(=O)Nc1ccc(O)c(Cl)c1. The Bertz CT molecular complexity index is 409. The smallest absolute Gasteiger partial charge is 0.241 e. The summed E-state index contributed by atoms with van der Waals surface area (Å²) in [6.07, 6.45) is 0.838. The van der Waals surface area contributed by atoms with Crippen LogP contribution in [0.5, 0.6) is 5.75 Å². The Hall–Kier alpha value is -1.26. The fourth-order valence-corrected chi connectivity index (χ4v) is 1.50. The van der Waals surface area contributed by atoms with Gasteiger partial charge in [0.1, 0.15) is 5.75 Å². The molecule has 0 aliphatic heterocycles. The summed E-state index contributed by atoms with van der Waals surface area (Å²) in [6.45, 7) is 3.91. The molecule has 94 valence electrons. The highest BCUT2D eigenvalue weighted by atomic mass is 35.5. The summed E-state index contributed by atoms with van der Waals surface area (Å²) in [5.74, 6) is -0.153. The number of anilines is 1. The van der Waals surface area contributed by atoms with Crippen molar-refractivity contribution < 1.29 is 9.90 Å². The summed E-state index contributed by atoms with van der Waals surface area (Å²) in [4.78, 5) is 11.8. The van der Waals surface area contributed by atoms with Crippen LogP contribution in [0.3, 0.4) is 0 Å². The summed E-state index contributed by atoms with van der Waals surface area (Å²) in [7, 11) is 0. The Morgan fingerprint density at radius 1 is 1.59 bits per heavy atom. The van der Waals surface area contributed by atoms with Crippen LogP contribution in [0, 0.1) is 5.92 Å². The second-order valence-corrected chi connectivity index (χ2v) is 4.47. The molecule has 4 N–H and O–H groups in total. The van der Waals surface area contributed by atoms with Gasteiger partial charge < -0.3 is 16.2 Å². The number of rotatable bonds is 4. The van der Waals surface area contributed by atoms with Crippen molar-refractivity contribution in [3.63, 3.8) is 0 Å². The van der Waals surface area contributed by atoms with Gasteiger partial charge in [-0.2, -0.15) is 0 Å². The lowest BCUT2D eigenvalue weighted by Gasteiger charge is -2.17. The van der Waals surface area contributed by atoms with Crippen molar-refractivity contribution in [1.82, 2.24) is 0 Å². The highest BCUT2D eigenvalue weighted by molar-refractivity contribution is 6.32. The van der Waals surface area contributed by atoms with Crippen LogP contribution < -0.4 is 11.1 Å². The van der Waals surface area contributed by atoms with Crippen LogP contribution in [-0.2, 0) is 4.79 Å². The van der Waals surface area contributed by atoms with Gasteiger partial charge in [0.25, 0.3) is 0 Å². The first-order chi connectivity index (χ1) is 7.95. The van der Waals surface area contributed by atoms with E-state index in [9.17, 15) is 9.90 Å². The lowest BCUT2D eigenvalue weighted by atomic mass is 9.99. The molecule has 1 amide bonds. The summed E-state index contributed by atoms with van der Waals surface area (Å²) in [5.41, 5.74) is 6.32. The van der Waals surface area contributed by atoms with Crippen LogP contribution in [0.2, 0.25) is 5.02 Å². The summed E-state index contributed by atoms with van der Waals surface area (Å²) in [6, 6.07) is 3.93. The van der Waals surface area contributed by atoms with Gasteiger partial charge in [0.15, 0.2) is 0 Å². The Morgan fingerprint density at radius 2 is 2.24 bits per heavy atom. The van der Waals surface area contributed by atoms with Gasteiger partial charge in [-0.3, -0.25) is 4.79 Å². The van der Waals surface area contributed by atoms with E-state index in [1.165, 1.54) is 12.1 Å². The summed E-state index contributed by atoms with van der Waals surface area (Å²) < 4.78 is 0. The van der Waals surface area contributed by atoms with Crippen LogP contribution in [0.1, 0.15) is 20.3 Å². The predicted molar refractivity (Wildman–Crippen MR) is 69.2 cm³/mol. The molecular formula is C12H17ClN2O2. The van der Waals surface area contributed by atoms with Crippen LogP contribution in [0.25, 0.3) is 0 Å². The van der Waals surface area contributed by atoms with Crippen LogP contribution in [0.15, 0.2) is 18.2 Å². The fourth-order valence-electron chi connectivity index (χ4n) is 1.32. The molecule has 1 aromatic rings. The maximum Gasteiger partial charge on any atom is 0.241 e. The molecule has 1 rings (SSSR count). The van der Waals surface area contributed by atoms with Gasteiger partial charge in [0, 0.05) is 5.69 Å². The second kappa shape index (κ2) is 5.89. The molecular weight excluding hydrogens is 240 g/mol. The normalized spacial score (nSPS) is 14.1. The number of nitrogens with one attached hydrogen (secondary N) is 1. The lowest BCUT2D eigenvalue weighted by Crippen LogP contribution is -2.40. The van der Waals surface area contributed by atoms with Gasteiger partial charge in [-0.25, -0.2) is 0 Å². The van der Waals surface area contributed by atoms with E-state index in [0.717, 1.165) is 6.42 Å². The number of phenols is 1. The van der Waals surface area contributed by atoms with Gasteiger partial charge in [0.2, 0.25) is 5.91 Å². The van der Waals surface area contributed by atoms with Crippen molar-refractivity contribution in [2.45, 2.75) is 26.3 Å². The predicted octanol–water partition coefficient (Wildman–Crippen LogP) is 2.36. The molecule has 4 nitrogen and oxygen atoms in total. The number of hydrogen-bond acceptors (Lipinski definition) is 3. The Kier molecular flexibility index (Phi) is 4.78. The Labute approximate surface area is 106 Å². The molecule has 0 radical (unpaired) electrons. The molecule has 5 heteroatoms. The van der Waals surface area contributed by atoms with E-state index in [-0.39, 0.29) is 22.6 Å². The minimum absolute atomic E-state index is 0.0177. The average Bonchev–Trinajstić information content (AvgIpc) is 2.31. The monoisotopic (exact) mass is 256 g/mol. The van der Waals surface area contributed by atoms with Crippen molar-refractivity contribution in [1.29, 1.82) is 0 Å². The van der Waals surface area contributed by atoms with E-state index in [1.807, 2.05) is 13.8 Å². The highest BCUT2D eigenvalue weighted by Gasteiger charge is 2.19. The molecule has 2 atom stereocenters. The number of hydrogen-bond donors (Lipinski definition) is 3. The molecule has 0 fully saturated rings. The third-order valence-electron chi connectivity index (χ3n) is 2.77. The molecule has 0 saturated heterocycles. The lowest BCUT2D eigenvalue weighted by molar-refractivity contribution is -0.118. The van der Waals surface area contributed by atoms with Crippen molar-refractivity contribution in [3.8, 4) is 5.75 Å². The maximum absolute atomic E-state index is 11.8. The number of nitrogens with two attached hydrogens (primary N) is 1. The molecule has 0 saturated carbocycles. The molecule has 0 aromatic heterocycles. The Balaban J connectivity index is 2.71. The zero-order chi connectivity index (χ0) is 13.0. The highest BCUT2D eigenvalue weighted by Crippen LogP contribution is 2.26. The number of carbonyl (C=O) groups excluding carboxylic acids is 1. The van der Waals surface area contributed by atoms with E-state index in [1.54, 1.807) is 6.07 Å². The standard InChI is InChI=1S/C12H17ClN2O2/c1-3-7(2)11(14)12(17)15-8-4-5-10(16)9(13)6-8/h4-7,11,16H,3,14H2,1-2H3,(H,15,17)/t7?,11-/m0/s1. The third kappa shape index (κ3) is 3.61. The molecule has 0 heterocycles. The molecule has 1 unspecified atom stereocenters. The van der Waals surface area contributed by atoms with E-state index in [2.05, 4.69) is 5.32 Å². The van der Waals surface area contributed by atoms with Gasteiger partial charge in [-0.05, 0) is 24.1 Å². The number of phenolic OH excluding ortho intramolecular Hbond substituents is 1. The first kappa shape index (κ1) is 13.8. The molecule has 0 bridgehead atoms. The quantitative estimate of drug-likeness (QED) is 0.724. The largest absolute Gasteiger partial charge is 0.506 e. The van der Waals surface area contributed by atoms with E-state index in [4.69, 9.17) is 17.3 Å². The molecule has 1 aromatic carbocycles. The van der Waals surface area contributed by atoms with E-state index in [0.29, 0.717) is 5.69 Å². The van der Waals surface area contributed by atoms with E-state index >= 15 is 0 Å². The second-order valence-electron chi connectivity index (χ2n) is 4.07. The fraction of sp³-hybridized carbons (Fsp3) is 0.417. The van der Waals surface area contributed by atoms with Gasteiger partial charge >= 0.3 is 0 Å². The van der Waals surface area contributed by atoms with Crippen LogP contribution >= 0.6 is 11.6 Å². The first-order valence-corrected chi connectivity index (χ1v) is 5.88. The minimum atomic E-state index is -0.549. The topological polar surface area (TPSA) is 75.4 Å². The van der Waals surface area contributed by atoms with Crippen LogP contribution in [0.4, 0.5) is 5.69 Å². The van der Waals surface area contributed by atoms with Crippen molar-refractivity contribution in [3.05, 3.63) is 23.2 Å². The number of halogens is 1. The molecule has 0 spiro atoms. The summed E-state index contributed by atoms with van der Waals surface area (Å²) in [5, 5.41) is 12.1. The van der Waals surface area contributed by atoms with Crippen LogP contribution in [-0.4, -0.2) is 17.1 Å². The molecule has 0 aliphatic rings. The molecule has 17 heavy (non-hydrogen) atoms. The Morgan fingerprint density at radius 3 is 2.76 bits per heavy atom. The van der Waals surface area contributed by atoms with Gasteiger partial charge in [-0.1, -0.05) is 31.9 Å². The third-order valence-corrected chi connectivity index (χ3v) is 3.08. The van der Waals surface area contributed by atoms with Gasteiger partial charge in [0.05, 0.1) is 11.1 Å².